The van der Waals surface area contributed by atoms with Crippen molar-refractivity contribution in [1.82, 2.24) is 14.7 Å². The van der Waals surface area contributed by atoms with Gasteiger partial charge in [0.15, 0.2) is 0 Å². The Balaban J connectivity index is 1.71. The molecular formula is C25H38BrN3O7. The van der Waals surface area contributed by atoms with Crippen molar-refractivity contribution in [3.8, 4) is 0 Å². The summed E-state index contributed by atoms with van der Waals surface area (Å²) in [5.41, 5.74) is -1.25. The Labute approximate surface area is 220 Å². The first-order chi connectivity index (χ1) is 17.2. The summed E-state index contributed by atoms with van der Waals surface area (Å²) in [6.45, 7) is 11.6. The van der Waals surface area contributed by atoms with Gasteiger partial charge >= 0.3 is 5.97 Å². The zero-order valence-electron chi connectivity index (χ0n) is 21.1. The minimum Gasteiger partial charge on any atom is -0.481 e. The predicted molar refractivity (Wildman–Crippen MR) is 135 cm³/mol. The van der Waals surface area contributed by atoms with E-state index in [1.165, 1.54) is 4.90 Å². The Bertz CT molecular complexity index is 869. The van der Waals surface area contributed by atoms with E-state index < -0.39 is 47.5 Å². The van der Waals surface area contributed by atoms with Gasteiger partial charge in [0.2, 0.25) is 11.8 Å². The molecule has 1 spiro atoms. The van der Waals surface area contributed by atoms with Crippen molar-refractivity contribution < 1.29 is 34.1 Å². The third-order valence-electron chi connectivity index (χ3n) is 8.54. The summed E-state index contributed by atoms with van der Waals surface area (Å²) in [4.78, 5) is 45.7. The third-order valence-corrected chi connectivity index (χ3v) is 9.39. The van der Waals surface area contributed by atoms with Crippen LogP contribution in [0.4, 0.5) is 0 Å². The molecule has 4 rings (SSSR count). The molecule has 0 aromatic rings. The van der Waals surface area contributed by atoms with E-state index in [1.807, 2.05) is 13.8 Å². The molecular weight excluding hydrogens is 534 g/mol. The minimum atomic E-state index is -1.25. The number of carboxylic acid groups (broad SMARTS) is 1. The number of morpholine rings is 1. The van der Waals surface area contributed by atoms with Crippen LogP contribution in [-0.2, 0) is 23.9 Å². The van der Waals surface area contributed by atoms with E-state index >= 15 is 0 Å². The second kappa shape index (κ2) is 11.1. The fraction of sp³-hybridized carbons (Fsp3) is 0.800. The van der Waals surface area contributed by atoms with Crippen LogP contribution >= 0.6 is 15.9 Å². The number of aliphatic hydroxyl groups excluding tert-OH is 1. The summed E-state index contributed by atoms with van der Waals surface area (Å²) in [5.74, 6) is -3.90. The third kappa shape index (κ3) is 4.51. The van der Waals surface area contributed by atoms with Gasteiger partial charge in [0, 0.05) is 37.6 Å². The SMILES string of the molecule is C=CCN(CCN1CCOCC1)C(=O)C1N([C@@H](CO)[C@@H](C)CC)C(=O)[C@@H]2[C@H](C(=O)O)[C@H]3OC12CC3Br. The van der Waals surface area contributed by atoms with Crippen LogP contribution in [0.5, 0.6) is 0 Å². The van der Waals surface area contributed by atoms with E-state index in [9.17, 15) is 24.6 Å². The van der Waals surface area contributed by atoms with Gasteiger partial charge in [-0.3, -0.25) is 19.3 Å². The number of alkyl halides is 1. The molecule has 8 atom stereocenters. The fourth-order valence-electron chi connectivity index (χ4n) is 6.51. The van der Waals surface area contributed by atoms with Crippen molar-refractivity contribution in [2.45, 2.75) is 55.3 Å². The maximum Gasteiger partial charge on any atom is 0.310 e. The number of carbonyl (C=O) groups is 3. The average Bonchev–Trinajstić information content (AvgIpc) is 3.46. The lowest BCUT2D eigenvalue weighted by atomic mass is 9.70. The van der Waals surface area contributed by atoms with Crippen LogP contribution in [0.1, 0.15) is 26.7 Å². The van der Waals surface area contributed by atoms with Gasteiger partial charge in [-0.15, -0.1) is 6.58 Å². The van der Waals surface area contributed by atoms with Gasteiger partial charge in [0.1, 0.15) is 11.6 Å². The standard InChI is InChI=1S/C25H38BrN3O7/c1-4-6-28(8-7-27-9-11-35-12-10-27)23(32)21-25-13-16(26)20(36-25)18(24(33)34)19(25)22(31)29(21)17(14-30)15(3)5-2/h4,15-21,30H,1,5-14H2,2-3H3,(H,33,34)/t15-,16?,17-,18-,19-,20-,21?,25?/m0/s1. The zero-order chi connectivity index (χ0) is 26.2. The highest BCUT2D eigenvalue weighted by Gasteiger charge is 2.77. The molecule has 0 radical (unpaired) electrons. The van der Waals surface area contributed by atoms with Gasteiger partial charge in [0.25, 0.3) is 0 Å². The number of hydrogen-bond acceptors (Lipinski definition) is 7. The molecule has 0 aliphatic carbocycles. The van der Waals surface area contributed by atoms with Crippen molar-refractivity contribution >= 4 is 33.7 Å². The van der Waals surface area contributed by atoms with Crippen LogP contribution in [-0.4, -0.2) is 124 Å². The number of fused-ring (bicyclic) bond motifs is 1. The Morgan fingerprint density at radius 2 is 2.06 bits per heavy atom. The Morgan fingerprint density at radius 1 is 1.36 bits per heavy atom. The molecule has 2 amide bonds. The van der Waals surface area contributed by atoms with Crippen LogP contribution in [0.3, 0.4) is 0 Å². The average molecular weight is 572 g/mol. The predicted octanol–water partition coefficient (Wildman–Crippen LogP) is 0.573. The summed E-state index contributed by atoms with van der Waals surface area (Å²) < 4.78 is 11.8. The second-order valence-electron chi connectivity index (χ2n) is 10.4. The van der Waals surface area contributed by atoms with Crippen LogP contribution in [0, 0.1) is 17.8 Å². The summed E-state index contributed by atoms with van der Waals surface area (Å²) in [5, 5.41) is 20.4. The lowest BCUT2D eigenvalue weighted by Crippen LogP contribution is -2.60. The molecule has 4 heterocycles. The highest BCUT2D eigenvalue weighted by Crippen LogP contribution is 2.60. The maximum absolute atomic E-state index is 14.3. The van der Waals surface area contributed by atoms with E-state index in [2.05, 4.69) is 27.4 Å². The van der Waals surface area contributed by atoms with Crippen molar-refractivity contribution in [2.24, 2.45) is 17.8 Å². The number of carbonyl (C=O) groups excluding carboxylic acids is 2. The Hall–Kier alpha value is -1.53. The molecule has 2 N–H and O–H groups in total. The summed E-state index contributed by atoms with van der Waals surface area (Å²) in [6, 6.07) is -1.63. The van der Waals surface area contributed by atoms with Gasteiger partial charge in [-0.2, -0.15) is 0 Å². The van der Waals surface area contributed by atoms with Crippen molar-refractivity contribution in [3.63, 3.8) is 0 Å². The van der Waals surface area contributed by atoms with Gasteiger partial charge in [-0.1, -0.05) is 42.3 Å². The van der Waals surface area contributed by atoms with E-state index in [1.54, 1.807) is 11.0 Å². The molecule has 0 aromatic heterocycles. The quantitative estimate of drug-likeness (QED) is 0.273. The van der Waals surface area contributed by atoms with Gasteiger partial charge in [-0.25, -0.2) is 0 Å². The number of likely N-dealkylation sites (tertiary alicyclic amines) is 1. The number of aliphatic carboxylic acids is 1. The van der Waals surface area contributed by atoms with E-state index in [0.717, 1.165) is 13.1 Å². The molecule has 11 heteroatoms. The zero-order valence-corrected chi connectivity index (χ0v) is 22.6. The van der Waals surface area contributed by atoms with Crippen LogP contribution in [0.2, 0.25) is 0 Å². The molecule has 202 valence electrons. The first-order valence-corrected chi connectivity index (χ1v) is 13.8. The molecule has 4 fully saturated rings. The number of carboxylic acids is 1. The minimum absolute atomic E-state index is 0.0917. The van der Waals surface area contributed by atoms with Gasteiger partial charge < -0.3 is 29.5 Å². The molecule has 3 unspecified atom stereocenters. The lowest BCUT2D eigenvalue weighted by molar-refractivity contribution is -0.154. The molecule has 4 aliphatic heterocycles. The van der Waals surface area contributed by atoms with Crippen molar-refractivity contribution in [1.29, 1.82) is 0 Å². The molecule has 4 saturated heterocycles. The smallest absolute Gasteiger partial charge is 0.310 e. The van der Waals surface area contributed by atoms with E-state index in [-0.39, 0.29) is 23.3 Å². The maximum atomic E-state index is 14.3. The molecule has 4 aliphatic rings. The largest absolute Gasteiger partial charge is 0.481 e. The topological polar surface area (TPSA) is 120 Å². The van der Waals surface area contributed by atoms with Crippen LogP contribution < -0.4 is 0 Å². The molecule has 2 bridgehead atoms. The highest BCUT2D eigenvalue weighted by atomic mass is 79.9. The second-order valence-corrected chi connectivity index (χ2v) is 11.6. The van der Waals surface area contributed by atoms with E-state index in [4.69, 9.17) is 9.47 Å². The number of ether oxygens (including phenoxy) is 2. The normalized spacial score (nSPS) is 35.5. The molecule has 10 nitrogen and oxygen atoms in total. The molecule has 0 aromatic carbocycles. The van der Waals surface area contributed by atoms with Crippen LogP contribution in [0.25, 0.3) is 0 Å². The highest BCUT2D eigenvalue weighted by molar-refractivity contribution is 9.09. The summed E-state index contributed by atoms with van der Waals surface area (Å²) in [6.07, 6.45) is 2.01. The lowest BCUT2D eigenvalue weighted by Gasteiger charge is -2.41. The first-order valence-electron chi connectivity index (χ1n) is 12.9. The van der Waals surface area contributed by atoms with Gasteiger partial charge in [-0.05, 0) is 12.3 Å². The number of nitrogens with zero attached hydrogens (tertiary/aromatic N) is 3. The Morgan fingerprint density at radius 3 is 2.64 bits per heavy atom. The molecule has 0 saturated carbocycles. The molecule has 36 heavy (non-hydrogen) atoms. The van der Waals surface area contributed by atoms with Gasteiger partial charge in [0.05, 0.1) is 43.8 Å². The summed E-state index contributed by atoms with van der Waals surface area (Å²) in [7, 11) is 0. The number of amides is 2. The number of aliphatic hydroxyl groups is 1. The fourth-order valence-corrected chi connectivity index (χ4v) is 7.45. The first kappa shape index (κ1) is 27.5. The number of rotatable bonds is 11. The number of halogens is 1. The van der Waals surface area contributed by atoms with E-state index in [0.29, 0.717) is 45.7 Å². The van der Waals surface area contributed by atoms with Crippen molar-refractivity contribution in [3.05, 3.63) is 12.7 Å². The van der Waals surface area contributed by atoms with Crippen molar-refractivity contribution in [2.75, 3.05) is 52.5 Å². The monoisotopic (exact) mass is 571 g/mol. The van der Waals surface area contributed by atoms with Crippen LogP contribution in [0.15, 0.2) is 12.7 Å². The Kier molecular flexibility index (Phi) is 8.45. The number of hydrogen-bond donors (Lipinski definition) is 2. The summed E-state index contributed by atoms with van der Waals surface area (Å²) >= 11 is 3.57.